The fraction of sp³-hybridized carbons (Fsp3) is 1.00. The van der Waals surface area contributed by atoms with Crippen molar-refractivity contribution < 1.29 is 21.6 Å². The van der Waals surface area contributed by atoms with E-state index < -0.39 is 28.4 Å². The number of sulfonamides is 1. The highest BCUT2D eigenvalue weighted by Crippen LogP contribution is 2.22. The number of hydrogen-bond acceptors (Lipinski definition) is 3. The summed E-state index contributed by atoms with van der Waals surface area (Å²) >= 11 is 0. The van der Waals surface area contributed by atoms with E-state index in [0.717, 1.165) is 6.54 Å². The number of alkyl halides is 3. The third-order valence-electron chi connectivity index (χ3n) is 2.85. The summed E-state index contributed by atoms with van der Waals surface area (Å²) in [5, 5.41) is 3.02. The van der Waals surface area contributed by atoms with E-state index in [4.69, 9.17) is 0 Å². The van der Waals surface area contributed by atoms with Crippen molar-refractivity contribution in [3.63, 3.8) is 0 Å². The van der Waals surface area contributed by atoms with Gasteiger partial charge in [-0.25, -0.2) is 12.7 Å². The number of halogens is 3. The third kappa shape index (κ3) is 4.81. The molecule has 17 heavy (non-hydrogen) atoms. The van der Waals surface area contributed by atoms with Crippen LogP contribution in [0.2, 0.25) is 0 Å². The molecule has 1 unspecified atom stereocenters. The van der Waals surface area contributed by atoms with Gasteiger partial charge in [-0.2, -0.15) is 13.2 Å². The normalized spacial score (nSPS) is 22.3. The van der Waals surface area contributed by atoms with E-state index in [1.165, 1.54) is 11.4 Å². The molecule has 1 aliphatic rings. The lowest BCUT2D eigenvalue weighted by Crippen LogP contribution is -2.39. The Hall–Kier alpha value is -0.340. The Morgan fingerprint density at radius 1 is 1.41 bits per heavy atom. The van der Waals surface area contributed by atoms with E-state index in [0.29, 0.717) is 13.0 Å². The average molecular weight is 274 g/mol. The van der Waals surface area contributed by atoms with E-state index in [2.05, 4.69) is 5.32 Å². The maximum absolute atomic E-state index is 11.9. The van der Waals surface area contributed by atoms with Crippen molar-refractivity contribution >= 4 is 10.0 Å². The average Bonchev–Trinajstić information content (AvgIpc) is 2.66. The highest BCUT2D eigenvalue weighted by molar-refractivity contribution is 7.89. The van der Waals surface area contributed by atoms with Gasteiger partial charge < -0.3 is 5.32 Å². The lowest BCUT2D eigenvalue weighted by Gasteiger charge is -2.23. The Balaban J connectivity index is 2.44. The van der Waals surface area contributed by atoms with Crippen LogP contribution in [-0.2, 0) is 10.0 Å². The second kappa shape index (κ2) is 5.53. The van der Waals surface area contributed by atoms with Crippen molar-refractivity contribution in [3.8, 4) is 0 Å². The number of rotatable bonds is 5. The van der Waals surface area contributed by atoms with Gasteiger partial charge in [0.25, 0.3) is 0 Å². The van der Waals surface area contributed by atoms with E-state index in [-0.39, 0.29) is 12.5 Å². The van der Waals surface area contributed by atoms with Crippen LogP contribution in [-0.4, -0.2) is 50.8 Å². The van der Waals surface area contributed by atoms with E-state index in [1.807, 2.05) is 0 Å². The molecular weight excluding hydrogens is 257 g/mol. The van der Waals surface area contributed by atoms with Crippen LogP contribution < -0.4 is 5.32 Å². The van der Waals surface area contributed by atoms with Crippen molar-refractivity contribution in [1.29, 1.82) is 0 Å². The van der Waals surface area contributed by atoms with Crippen molar-refractivity contribution in [3.05, 3.63) is 0 Å². The maximum atomic E-state index is 11.9. The molecule has 1 saturated heterocycles. The highest BCUT2D eigenvalue weighted by Gasteiger charge is 2.31. The molecule has 0 aromatic heterocycles. The molecule has 0 radical (unpaired) electrons. The zero-order valence-corrected chi connectivity index (χ0v) is 10.4. The second-order valence-electron chi connectivity index (χ2n) is 4.20. The summed E-state index contributed by atoms with van der Waals surface area (Å²) in [4.78, 5) is 0. The molecule has 1 fully saturated rings. The highest BCUT2D eigenvalue weighted by atomic mass is 32.2. The van der Waals surface area contributed by atoms with Crippen LogP contribution in [0.1, 0.15) is 19.3 Å². The van der Waals surface area contributed by atoms with Crippen LogP contribution >= 0.6 is 0 Å². The second-order valence-corrected chi connectivity index (χ2v) is 6.35. The summed E-state index contributed by atoms with van der Waals surface area (Å²) in [5.74, 6) is -0.445. The number of hydrogen-bond donors (Lipinski definition) is 1. The van der Waals surface area contributed by atoms with Crippen LogP contribution in [0.25, 0.3) is 0 Å². The smallest absolute Gasteiger partial charge is 0.315 e. The van der Waals surface area contributed by atoms with Gasteiger partial charge in [-0.05, 0) is 19.4 Å². The van der Waals surface area contributed by atoms with Crippen molar-refractivity contribution in [2.45, 2.75) is 31.5 Å². The predicted molar refractivity (Wildman–Crippen MR) is 58.1 cm³/mol. The first-order valence-corrected chi connectivity index (χ1v) is 7.06. The van der Waals surface area contributed by atoms with E-state index in [1.54, 1.807) is 0 Å². The molecule has 1 N–H and O–H groups in total. The first-order valence-electron chi connectivity index (χ1n) is 5.45. The van der Waals surface area contributed by atoms with Gasteiger partial charge in [0.2, 0.25) is 10.0 Å². The molecule has 0 aromatic carbocycles. The molecule has 0 bridgehead atoms. The van der Waals surface area contributed by atoms with Gasteiger partial charge in [-0.15, -0.1) is 0 Å². The maximum Gasteiger partial charge on any atom is 0.389 e. The Morgan fingerprint density at radius 2 is 2.06 bits per heavy atom. The molecule has 1 rings (SSSR count). The molecule has 0 aliphatic carbocycles. The van der Waals surface area contributed by atoms with Crippen LogP contribution in [0.3, 0.4) is 0 Å². The van der Waals surface area contributed by atoms with E-state index >= 15 is 0 Å². The SMILES string of the molecule is CN(C1CCNC1)S(=O)(=O)CCCC(F)(F)F. The summed E-state index contributed by atoms with van der Waals surface area (Å²) in [6.45, 7) is 1.31. The summed E-state index contributed by atoms with van der Waals surface area (Å²) < 4.78 is 60.4. The number of nitrogens with zero attached hydrogens (tertiary/aromatic N) is 1. The Kier molecular flexibility index (Phi) is 4.79. The molecule has 0 saturated carbocycles. The molecule has 0 amide bonds. The molecule has 4 nitrogen and oxygen atoms in total. The minimum Gasteiger partial charge on any atom is -0.315 e. The minimum absolute atomic E-state index is 0.133. The predicted octanol–water partition coefficient (Wildman–Crippen LogP) is 0.952. The van der Waals surface area contributed by atoms with Gasteiger partial charge in [0.05, 0.1) is 5.75 Å². The first kappa shape index (κ1) is 14.7. The zero-order valence-electron chi connectivity index (χ0n) is 9.63. The molecule has 0 spiro atoms. The van der Waals surface area contributed by atoms with Gasteiger partial charge in [0, 0.05) is 26.1 Å². The Labute approximate surface area is 99.2 Å². The molecule has 8 heteroatoms. The Morgan fingerprint density at radius 3 is 2.53 bits per heavy atom. The van der Waals surface area contributed by atoms with Crippen LogP contribution in [0.15, 0.2) is 0 Å². The molecular formula is C9H17F3N2O2S. The fourth-order valence-corrected chi connectivity index (χ4v) is 3.21. The summed E-state index contributed by atoms with van der Waals surface area (Å²) in [6.07, 6.45) is -5.02. The third-order valence-corrected chi connectivity index (χ3v) is 4.83. The van der Waals surface area contributed by atoms with Crippen LogP contribution in [0, 0.1) is 0 Å². The number of nitrogens with one attached hydrogen (secondary N) is 1. The summed E-state index contributed by atoms with van der Waals surface area (Å²) in [5.41, 5.74) is 0. The monoisotopic (exact) mass is 274 g/mol. The molecule has 1 aliphatic heterocycles. The quantitative estimate of drug-likeness (QED) is 0.812. The molecule has 1 heterocycles. The topological polar surface area (TPSA) is 49.4 Å². The first-order chi connectivity index (χ1) is 7.72. The van der Waals surface area contributed by atoms with E-state index in [9.17, 15) is 21.6 Å². The minimum atomic E-state index is -4.29. The van der Waals surface area contributed by atoms with Crippen LogP contribution in [0.4, 0.5) is 13.2 Å². The molecule has 1 atom stereocenters. The molecule has 102 valence electrons. The van der Waals surface area contributed by atoms with Crippen molar-refractivity contribution in [2.75, 3.05) is 25.9 Å². The largest absolute Gasteiger partial charge is 0.389 e. The van der Waals surface area contributed by atoms with Crippen molar-refractivity contribution in [1.82, 2.24) is 9.62 Å². The van der Waals surface area contributed by atoms with Crippen molar-refractivity contribution in [2.24, 2.45) is 0 Å². The summed E-state index contributed by atoms with van der Waals surface area (Å²) in [7, 11) is -2.14. The van der Waals surface area contributed by atoms with Gasteiger partial charge in [-0.3, -0.25) is 0 Å². The lowest BCUT2D eigenvalue weighted by atomic mass is 10.3. The van der Waals surface area contributed by atoms with Gasteiger partial charge in [0.1, 0.15) is 0 Å². The fourth-order valence-electron chi connectivity index (χ4n) is 1.78. The van der Waals surface area contributed by atoms with Crippen LogP contribution in [0.5, 0.6) is 0 Å². The van der Waals surface area contributed by atoms with Gasteiger partial charge >= 0.3 is 6.18 Å². The van der Waals surface area contributed by atoms with Gasteiger partial charge in [-0.1, -0.05) is 0 Å². The standard InChI is InChI=1S/C9H17F3N2O2S/c1-14(8-3-5-13-7-8)17(15,16)6-2-4-9(10,11)12/h8,13H,2-7H2,1H3. The summed E-state index contributed by atoms with van der Waals surface area (Å²) in [6, 6.07) is -0.133. The van der Waals surface area contributed by atoms with Gasteiger partial charge in [0.15, 0.2) is 0 Å². The Bertz CT molecular complexity index is 337. The molecule has 0 aromatic rings. The lowest BCUT2D eigenvalue weighted by molar-refractivity contribution is -0.134. The zero-order chi connectivity index (χ0) is 13.1. The number of likely N-dealkylation sites (N-methyl/N-ethyl adjacent to an activating group) is 1.